The van der Waals surface area contributed by atoms with Crippen LogP contribution in [0.1, 0.15) is 13.8 Å². The van der Waals surface area contributed by atoms with Crippen molar-refractivity contribution in [2.45, 2.75) is 18.8 Å². The van der Waals surface area contributed by atoms with Crippen LogP contribution in [-0.4, -0.2) is 15.2 Å². The highest BCUT2D eigenvalue weighted by atomic mass is 35.5. The molecule has 0 nitrogen and oxygen atoms in total. The van der Waals surface area contributed by atoms with Gasteiger partial charge in [-0.3, -0.25) is 0 Å². The van der Waals surface area contributed by atoms with Crippen LogP contribution in [-0.2, 0) is 0 Å². The number of halogens is 1. The van der Waals surface area contributed by atoms with Gasteiger partial charge in [0.15, 0.2) is 0 Å². The minimum atomic E-state index is 0.338. The smallest absolute Gasteiger partial charge is 0.0365 e. The van der Waals surface area contributed by atoms with Crippen molar-refractivity contribution in [1.82, 2.24) is 0 Å². The van der Waals surface area contributed by atoms with Gasteiger partial charge in [-0.05, 0) is 13.8 Å². The quantitative estimate of drug-likeness (QED) is 0.284. The Morgan fingerprint density at radius 3 is 2.29 bits per heavy atom. The van der Waals surface area contributed by atoms with E-state index in [0.29, 0.717) is 5.00 Å². The summed E-state index contributed by atoms with van der Waals surface area (Å²) in [5.41, 5.74) is 1.30. The molecule has 1 atom stereocenters. The number of hydrogen-bond acceptors (Lipinski definition) is 0. The zero-order valence-electron chi connectivity index (χ0n) is 5.03. The number of rotatable bonds is 1. The molecule has 0 radical (unpaired) electrons. The molecule has 1 unspecified atom stereocenters. The molecular formula is C5H11ClSi. The molecule has 0 aliphatic rings. The average molecular weight is 135 g/mol. The molecule has 0 spiro atoms. The maximum atomic E-state index is 5.72. The summed E-state index contributed by atoms with van der Waals surface area (Å²) < 4.78 is 0. The maximum Gasteiger partial charge on any atom is 0.0365 e. The predicted octanol–water partition coefficient (Wildman–Crippen LogP) is 0.883. The second-order valence-corrected chi connectivity index (χ2v) is 4.19. The average Bonchev–Trinajstić information content (AvgIpc) is 1.65. The lowest BCUT2D eigenvalue weighted by molar-refractivity contribution is 1.30. The monoisotopic (exact) mass is 134 g/mol. The van der Waals surface area contributed by atoms with Crippen molar-refractivity contribution in [2.24, 2.45) is 0 Å². The van der Waals surface area contributed by atoms with Crippen molar-refractivity contribution in [3.63, 3.8) is 0 Å². The molecule has 0 amide bonds. The molecule has 0 saturated carbocycles. The molecule has 0 aromatic carbocycles. The van der Waals surface area contributed by atoms with Crippen LogP contribution >= 0.6 is 11.6 Å². The van der Waals surface area contributed by atoms with Gasteiger partial charge in [-0.15, -0.1) is 11.6 Å². The van der Waals surface area contributed by atoms with Crippen molar-refractivity contribution in [1.29, 1.82) is 0 Å². The third kappa shape index (κ3) is 2.89. The van der Waals surface area contributed by atoms with Crippen molar-refractivity contribution >= 4 is 21.8 Å². The largest absolute Gasteiger partial charge is 0.123 e. The van der Waals surface area contributed by atoms with Gasteiger partial charge in [0.1, 0.15) is 0 Å². The number of hydrogen-bond donors (Lipinski definition) is 0. The Balaban J connectivity index is 3.56. The first-order valence-electron chi connectivity index (χ1n) is 2.45. The van der Waals surface area contributed by atoms with E-state index in [-0.39, 0.29) is 0 Å². The third-order valence-electron chi connectivity index (χ3n) is 1.08. The summed E-state index contributed by atoms with van der Waals surface area (Å²) in [6, 6.07) is 0. The van der Waals surface area contributed by atoms with Crippen LogP contribution < -0.4 is 0 Å². The molecular weight excluding hydrogens is 124 g/mol. The van der Waals surface area contributed by atoms with Crippen LogP contribution in [0.2, 0.25) is 0 Å². The van der Waals surface area contributed by atoms with Gasteiger partial charge in [0.2, 0.25) is 0 Å². The molecule has 0 rings (SSSR count). The zero-order valence-corrected chi connectivity index (χ0v) is 7.79. The molecule has 0 saturated heterocycles. The predicted molar refractivity (Wildman–Crippen MR) is 39.0 cm³/mol. The van der Waals surface area contributed by atoms with Crippen molar-refractivity contribution in [3.05, 3.63) is 11.6 Å². The Kier molecular flexibility index (Phi) is 3.39. The summed E-state index contributed by atoms with van der Waals surface area (Å²) in [5.74, 6) is 0. The van der Waals surface area contributed by atoms with E-state index in [1.165, 1.54) is 5.57 Å². The Morgan fingerprint density at radius 1 is 1.86 bits per heavy atom. The van der Waals surface area contributed by atoms with Crippen LogP contribution in [0.3, 0.4) is 0 Å². The molecule has 0 N–H and O–H groups in total. The lowest BCUT2D eigenvalue weighted by Gasteiger charge is -1.97. The SMILES string of the molecule is CC=C(C)C([SiH3])Cl. The first kappa shape index (κ1) is 7.25. The summed E-state index contributed by atoms with van der Waals surface area (Å²) in [4.78, 5) is 0. The summed E-state index contributed by atoms with van der Waals surface area (Å²) in [5, 5.41) is 0.338. The van der Waals surface area contributed by atoms with E-state index < -0.39 is 0 Å². The van der Waals surface area contributed by atoms with E-state index >= 15 is 0 Å². The van der Waals surface area contributed by atoms with Gasteiger partial charge in [0.25, 0.3) is 0 Å². The summed E-state index contributed by atoms with van der Waals surface area (Å²) in [7, 11) is 1.06. The van der Waals surface area contributed by atoms with Gasteiger partial charge in [-0.1, -0.05) is 11.6 Å². The van der Waals surface area contributed by atoms with Crippen molar-refractivity contribution in [2.75, 3.05) is 0 Å². The molecule has 7 heavy (non-hydrogen) atoms. The first-order chi connectivity index (χ1) is 3.18. The van der Waals surface area contributed by atoms with Gasteiger partial charge in [0.05, 0.1) is 0 Å². The van der Waals surface area contributed by atoms with E-state index in [9.17, 15) is 0 Å². The lowest BCUT2D eigenvalue weighted by atomic mass is 10.3. The number of alkyl halides is 1. The van der Waals surface area contributed by atoms with Gasteiger partial charge in [-0.2, -0.15) is 0 Å². The van der Waals surface area contributed by atoms with Crippen LogP contribution in [0.15, 0.2) is 11.6 Å². The molecule has 0 fully saturated rings. The van der Waals surface area contributed by atoms with Crippen LogP contribution in [0.25, 0.3) is 0 Å². The molecule has 0 heterocycles. The van der Waals surface area contributed by atoms with Gasteiger partial charge >= 0.3 is 0 Å². The van der Waals surface area contributed by atoms with Gasteiger partial charge < -0.3 is 0 Å². The van der Waals surface area contributed by atoms with Crippen molar-refractivity contribution < 1.29 is 0 Å². The fourth-order valence-electron chi connectivity index (χ4n) is 0.230. The molecule has 0 aromatic heterocycles. The van der Waals surface area contributed by atoms with Crippen molar-refractivity contribution in [3.8, 4) is 0 Å². The number of allylic oxidation sites excluding steroid dienone is 2. The summed E-state index contributed by atoms with van der Waals surface area (Å²) in [6.45, 7) is 4.08. The highest BCUT2D eigenvalue weighted by Gasteiger charge is 1.93. The molecule has 2 heteroatoms. The second-order valence-electron chi connectivity index (χ2n) is 1.65. The Hall–Kier alpha value is 0.247. The molecule has 0 aromatic rings. The second kappa shape index (κ2) is 3.27. The highest BCUT2D eigenvalue weighted by molar-refractivity contribution is 6.42. The van der Waals surface area contributed by atoms with Gasteiger partial charge in [-0.25, -0.2) is 0 Å². The van der Waals surface area contributed by atoms with E-state index in [1.807, 2.05) is 6.92 Å². The minimum Gasteiger partial charge on any atom is -0.123 e. The topological polar surface area (TPSA) is 0 Å². The summed E-state index contributed by atoms with van der Waals surface area (Å²) >= 11 is 5.72. The standard InChI is InChI=1S/C5H11ClSi/c1-3-4(2)5(6)7/h3,5H,1-2,7H3. The first-order valence-corrected chi connectivity index (χ1v) is 4.04. The molecule has 42 valence electrons. The molecule has 0 bridgehead atoms. The van der Waals surface area contributed by atoms with E-state index in [4.69, 9.17) is 11.6 Å². The van der Waals surface area contributed by atoms with Crippen LogP contribution in [0, 0.1) is 0 Å². The molecule has 0 aliphatic carbocycles. The lowest BCUT2D eigenvalue weighted by Crippen LogP contribution is -1.96. The van der Waals surface area contributed by atoms with E-state index in [1.54, 1.807) is 0 Å². The Bertz CT molecular complexity index is 76.1. The fourth-order valence-corrected chi connectivity index (χ4v) is 0.689. The minimum absolute atomic E-state index is 0.338. The van der Waals surface area contributed by atoms with E-state index in [2.05, 4.69) is 13.0 Å². The molecule has 0 aliphatic heterocycles. The van der Waals surface area contributed by atoms with E-state index in [0.717, 1.165) is 10.2 Å². The normalized spacial score (nSPS) is 17.3. The van der Waals surface area contributed by atoms with Crippen LogP contribution in [0.4, 0.5) is 0 Å². The zero-order chi connectivity index (χ0) is 5.86. The van der Waals surface area contributed by atoms with Gasteiger partial charge in [0, 0.05) is 15.2 Å². The summed E-state index contributed by atoms with van der Waals surface area (Å²) in [6.07, 6.45) is 2.06. The van der Waals surface area contributed by atoms with Crippen LogP contribution in [0.5, 0.6) is 0 Å². The Labute approximate surface area is 53.0 Å². The third-order valence-corrected chi connectivity index (χ3v) is 2.34. The highest BCUT2D eigenvalue weighted by Crippen LogP contribution is 2.02. The fraction of sp³-hybridized carbons (Fsp3) is 0.600. The maximum absolute atomic E-state index is 5.72. The Morgan fingerprint density at radius 2 is 2.29 bits per heavy atom.